The van der Waals surface area contributed by atoms with Crippen molar-refractivity contribution in [2.75, 3.05) is 6.54 Å². The summed E-state index contributed by atoms with van der Waals surface area (Å²) in [5.41, 5.74) is 3.82. The topological polar surface area (TPSA) is 66.7 Å². The molecule has 22 heavy (non-hydrogen) atoms. The first kappa shape index (κ1) is 14.2. The van der Waals surface area contributed by atoms with Gasteiger partial charge < -0.3 is 5.11 Å². The molecule has 0 aliphatic heterocycles. The lowest BCUT2D eigenvalue weighted by molar-refractivity contribution is -0.137. The van der Waals surface area contributed by atoms with Gasteiger partial charge in [-0.15, -0.1) is 0 Å². The Labute approximate surface area is 128 Å². The first-order chi connectivity index (χ1) is 10.7. The number of aliphatic carboxylic acids is 1. The van der Waals surface area contributed by atoms with Gasteiger partial charge in [0, 0.05) is 24.1 Å². The van der Waals surface area contributed by atoms with Gasteiger partial charge in [-0.05, 0) is 17.5 Å². The molecule has 3 rings (SSSR count). The molecule has 0 aromatic heterocycles. The summed E-state index contributed by atoms with van der Waals surface area (Å²) in [6.07, 6.45) is 0.485. The number of carboxylic acids is 1. The number of carbonyl (C=O) groups excluding carboxylic acids is 1. The first-order valence-corrected chi connectivity index (χ1v) is 7.18. The van der Waals surface area contributed by atoms with E-state index in [9.17, 15) is 9.59 Å². The fourth-order valence-electron chi connectivity index (χ4n) is 2.67. The van der Waals surface area contributed by atoms with Gasteiger partial charge in [0.2, 0.25) is 5.78 Å². The van der Waals surface area contributed by atoms with Gasteiger partial charge in [0.25, 0.3) is 0 Å². The molecule has 2 aromatic rings. The minimum absolute atomic E-state index is 0.0587. The van der Waals surface area contributed by atoms with Crippen LogP contribution in [0.5, 0.6) is 0 Å². The van der Waals surface area contributed by atoms with Crippen molar-refractivity contribution >= 4 is 17.5 Å². The second-order valence-corrected chi connectivity index (χ2v) is 5.15. The van der Waals surface area contributed by atoms with Crippen LogP contribution in [0.1, 0.15) is 28.8 Å². The highest BCUT2D eigenvalue weighted by atomic mass is 16.4. The van der Waals surface area contributed by atoms with Gasteiger partial charge in [-0.2, -0.15) is 0 Å². The number of hydrogen-bond acceptors (Lipinski definition) is 3. The van der Waals surface area contributed by atoms with Gasteiger partial charge in [-0.3, -0.25) is 14.6 Å². The summed E-state index contributed by atoms with van der Waals surface area (Å²) in [6.45, 7) is 0.337. The fourth-order valence-corrected chi connectivity index (χ4v) is 2.67. The molecule has 1 N–H and O–H groups in total. The Kier molecular flexibility index (Phi) is 3.83. The molecule has 0 atom stereocenters. The number of Topliss-reactive ketones (excluding diaryl/α,β-unsaturated/α-hetero) is 1. The van der Waals surface area contributed by atoms with Crippen molar-refractivity contribution in [2.24, 2.45) is 4.99 Å². The number of nitrogens with zero attached hydrogens (tertiary/aromatic N) is 1. The number of aliphatic imine (C=N–C) groups is 1. The third-order valence-electron chi connectivity index (χ3n) is 3.68. The number of hydrogen-bond donors (Lipinski definition) is 1. The lowest BCUT2D eigenvalue weighted by atomic mass is 9.83. The predicted octanol–water partition coefficient (Wildman–Crippen LogP) is 3.20. The van der Waals surface area contributed by atoms with Crippen LogP contribution < -0.4 is 0 Å². The summed E-state index contributed by atoms with van der Waals surface area (Å²) in [5, 5.41) is 8.67. The lowest BCUT2D eigenvalue weighted by Crippen LogP contribution is -2.22. The van der Waals surface area contributed by atoms with E-state index in [1.165, 1.54) is 0 Å². The van der Waals surface area contributed by atoms with E-state index in [1.807, 2.05) is 42.5 Å². The van der Waals surface area contributed by atoms with Crippen LogP contribution in [0.2, 0.25) is 0 Å². The quantitative estimate of drug-likeness (QED) is 0.880. The largest absolute Gasteiger partial charge is 0.481 e. The molecule has 0 spiro atoms. The Hall–Kier alpha value is -2.75. The molecule has 2 aromatic carbocycles. The van der Waals surface area contributed by atoms with Crippen LogP contribution in [-0.4, -0.2) is 29.1 Å². The number of rotatable bonds is 4. The third-order valence-corrected chi connectivity index (χ3v) is 3.68. The molecular weight excluding hydrogens is 278 g/mol. The van der Waals surface area contributed by atoms with E-state index in [1.54, 1.807) is 6.07 Å². The molecule has 0 unspecified atom stereocenters. The number of fused-ring (bicyclic) bond motifs is 3. The zero-order valence-electron chi connectivity index (χ0n) is 12.0. The molecule has 110 valence electrons. The average Bonchev–Trinajstić information content (AvgIpc) is 2.54. The molecule has 1 aliphatic rings. The molecule has 4 nitrogen and oxygen atoms in total. The molecular formula is C18H15NO3. The third kappa shape index (κ3) is 2.55. The Balaban J connectivity index is 2.00. The average molecular weight is 293 g/mol. The summed E-state index contributed by atoms with van der Waals surface area (Å²) in [6, 6.07) is 15.2. The summed E-state index contributed by atoms with van der Waals surface area (Å²) in [5.74, 6) is -0.939. The van der Waals surface area contributed by atoms with Crippen LogP contribution in [0.25, 0.3) is 11.1 Å². The van der Waals surface area contributed by atoms with E-state index < -0.39 is 5.97 Å². The Morgan fingerprint density at radius 3 is 2.09 bits per heavy atom. The Morgan fingerprint density at radius 1 is 0.909 bits per heavy atom. The molecule has 1 aliphatic carbocycles. The van der Waals surface area contributed by atoms with E-state index in [2.05, 4.69) is 4.99 Å². The summed E-state index contributed by atoms with van der Waals surface area (Å²) in [7, 11) is 0. The van der Waals surface area contributed by atoms with E-state index in [-0.39, 0.29) is 12.2 Å². The van der Waals surface area contributed by atoms with E-state index >= 15 is 0 Å². The van der Waals surface area contributed by atoms with Crippen molar-refractivity contribution in [3.63, 3.8) is 0 Å². The van der Waals surface area contributed by atoms with E-state index in [0.29, 0.717) is 24.2 Å². The standard InChI is InChI=1S/C18H15NO3/c20-16(21)10-5-11-19-17-14-8-3-1-6-12(14)13-7-2-4-9-15(13)18(17)22/h1-4,6-9H,5,10-11H2,(H,20,21). The van der Waals surface area contributed by atoms with Crippen molar-refractivity contribution < 1.29 is 14.7 Å². The van der Waals surface area contributed by atoms with Gasteiger partial charge in [-0.25, -0.2) is 0 Å². The molecule has 0 radical (unpaired) electrons. The lowest BCUT2D eigenvalue weighted by Gasteiger charge is -2.20. The van der Waals surface area contributed by atoms with Crippen LogP contribution in [-0.2, 0) is 4.79 Å². The maximum Gasteiger partial charge on any atom is 0.303 e. The van der Waals surface area contributed by atoms with Crippen LogP contribution >= 0.6 is 0 Å². The number of carbonyl (C=O) groups is 2. The highest BCUT2D eigenvalue weighted by Gasteiger charge is 2.27. The van der Waals surface area contributed by atoms with E-state index in [4.69, 9.17) is 5.11 Å². The minimum atomic E-state index is -0.846. The number of benzene rings is 2. The monoisotopic (exact) mass is 293 g/mol. The van der Waals surface area contributed by atoms with Crippen molar-refractivity contribution in [1.82, 2.24) is 0 Å². The molecule has 0 bridgehead atoms. The minimum Gasteiger partial charge on any atom is -0.481 e. The summed E-state index contributed by atoms with van der Waals surface area (Å²) in [4.78, 5) is 27.6. The second-order valence-electron chi connectivity index (χ2n) is 5.15. The van der Waals surface area contributed by atoms with Gasteiger partial charge in [0.15, 0.2) is 0 Å². The van der Waals surface area contributed by atoms with Gasteiger partial charge in [0.1, 0.15) is 5.71 Å². The van der Waals surface area contributed by atoms with Crippen LogP contribution in [0.3, 0.4) is 0 Å². The van der Waals surface area contributed by atoms with Crippen LogP contribution in [0.15, 0.2) is 53.5 Å². The maximum absolute atomic E-state index is 12.7. The normalized spacial score (nSPS) is 14.5. The van der Waals surface area contributed by atoms with Crippen molar-refractivity contribution in [1.29, 1.82) is 0 Å². The second kappa shape index (κ2) is 5.93. The van der Waals surface area contributed by atoms with Crippen molar-refractivity contribution in [3.8, 4) is 11.1 Å². The predicted molar refractivity (Wildman–Crippen MR) is 84.5 cm³/mol. The smallest absolute Gasteiger partial charge is 0.303 e. The number of ketones is 1. The molecule has 0 heterocycles. The molecule has 4 heteroatoms. The molecule has 0 saturated heterocycles. The Bertz CT molecular complexity index is 777. The maximum atomic E-state index is 12.7. The van der Waals surface area contributed by atoms with Crippen LogP contribution in [0, 0.1) is 0 Å². The zero-order valence-corrected chi connectivity index (χ0v) is 12.0. The highest BCUT2D eigenvalue weighted by Crippen LogP contribution is 2.33. The van der Waals surface area contributed by atoms with Crippen LogP contribution in [0.4, 0.5) is 0 Å². The van der Waals surface area contributed by atoms with Crippen molar-refractivity contribution in [3.05, 3.63) is 59.7 Å². The number of carboxylic acid groups (broad SMARTS) is 1. The molecule has 0 amide bonds. The Morgan fingerprint density at radius 2 is 1.45 bits per heavy atom. The van der Waals surface area contributed by atoms with Gasteiger partial charge in [-0.1, -0.05) is 48.5 Å². The fraction of sp³-hybridized carbons (Fsp3) is 0.167. The van der Waals surface area contributed by atoms with E-state index in [0.717, 1.165) is 16.7 Å². The zero-order chi connectivity index (χ0) is 15.5. The van der Waals surface area contributed by atoms with Crippen molar-refractivity contribution in [2.45, 2.75) is 12.8 Å². The molecule has 0 saturated carbocycles. The van der Waals surface area contributed by atoms with Gasteiger partial charge >= 0.3 is 5.97 Å². The first-order valence-electron chi connectivity index (χ1n) is 7.18. The summed E-state index contributed by atoms with van der Waals surface area (Å²) < 4.78 is 0. The summed E-state index contributed by atoms with van der Waals surface area (Å²) >= 11 is 0. The van der Waals surface area contributed by atoms with Gasteiger partial charge in [0.05, 0.1) is 0 Å². The SMILES string of the molecule is O=C(O)CCCN=C1C(=O)c2ccccc2-c2ccccc21. The molecule has 0 fully saturated rings. The highest BCUT2D eigenvalue weighted by molar-refractivity contribution is 6.55.